The molecule has 0 atom stereocenters. The Bertz CT molecular complexity index is 377. The Labute approximate surface area is 90.2 Å². The molecule has 0 amide bonds. The molecule has 0 saturated carbocycles. The van der Waals surface area contributed by atoms with Gasteiger partial charge in [0.2, 0.25) is 0 Å². The van der Waals surface area contributed by atoms with Gasteiger partial charge in [0, 0.05) is 19.0 Å². The zero-order valence-corrected chi connectivity index (χ0v) is 8.54. The fraction of sp³-hybridized carbons (Fsp3) is 0.400. The van der Waals surface area contributed by atoms with Gasteiger partial charge in [0.05, 0.1) is 12.0 Å². The van der Waals surface area contributed by atoms with Crippen LogP contribution in [-0.4, -0.2) is 24.5 Å². The molecule has 0 saturated heterocycles. The van der Waals surface area contributed by atoms with Crippen LogP contribution in [0.3, 0.4) is 0 Å². The molecule has 88 valence electrons. The predicted octanol–water partition coefficient (Wildman–Crippen LogP) is 1.86. The van der Waals surface area contributed by atoms with Gasteiger partial charge in [0.25, 0.3) is 0 Å². The second kappa shape index (κ2) is 5.07. The molecule has 0 bridgehead atoms. The van der Waals surface area contributed by atoms with E-state index in [0.717, 1.165) is 18.3 Å². The van der Waals surface area contributed by atoms with Crippen LogP contribution in [0.2, 0.25) is 0 Å². The molecule has 1 rings (SSSR count). The van der Waals surface area contributed by atoms with Crippen LogP contribution in [0.25, 0.3) is 0 Å². The number of carbonyl (C=O) groups is 1. The van der Waals surface area contributed by atoms with Crippen molar-refractivity contribution in [2.45, 2.75) is 12.6 Å². The number of halogens is 3. The molecule has 1 aromatic heterocycles. The van der Waals surface area contributed by atoms with E-state index < -0.39 is 11.7 Å². The normalized spacial score (nSPS) is 11.5. The van der Waals surface area contributed by atoms with Crippen molar-refractivity contribution < 1.29 is 22.7 Å². The average molecular weight is 233 g/mol. The van der Waals surface area contributed by atoms with E-state index in [1.165, 1.54) is 7.11 Å². The second-order valence-electron chi connectivity index (χ2n) is 3.18. The van der Waals surface area contributed by atoms with Gasteiger partial charge < -0.3 is 4.74 Å². The van der Waals surface area contributed by atoms with Crippen molar-refractivity contribution in [2.75, 3.05) is 13.7 Å². The number of rotatable bonds is 4. The zero-order valence-electron chi connectivity index (χ0n) is 8.54. The third-order valence-corrected chi connectivity index (χ3v) is 1.83. The van der Waals surface area contributed by atoms with Crippen LogP contribution in [0.1, 0.15) is 11.3 Å². The number of carbonyl (C=O) groups excluding carboxylic acids is 1. The second-order valence-corrected chi connectivity index (χ2v) is 3.18. The molecule has 0 aromatic carbocycles. The summed E-state index contributed by atoms with van der Waals surface area (Å²) < 4.78 is 41.5. The molecule has 0 unspecified atom stereocenters. The molecular weight excluding hydrogens is 223 g/mol. The molecule has 0 N–H and O–H groups in total. The first kappa shape index (κ1) is 12.6. The van der Waals surface area contributed by atoms with Gasteiger partial charge in [-0.2, -0.15) is 13.2 Å². The minimum absolute atomic E-state index is 0.0943. The van der Waals surface area contributed by atoms with Gasteiger partial charge in [-0.15, -0.1) is 0 Å². The number of nitrogens with zero attached hydrogens (tertiary/aromatic N) is 1. The molecule has 0 aliphatic heterocycles. The van der Waals surface area contributed by atoms with Crippen molar-refractivity contribution in [3.63, 3.8) is 0 Å². The third-order valence-electron chi connectivity index (χ3n) is 1.83. The molecule has 16 heavy (non-hydrogen) atoms. The van der Waals surface area contributed by atoms with Crippen LogP contribution in [0.15, 0.2) is 18.3 Å². The Morgan fingerprint density at radius 2 is 2.19 bits per heavy atom. The number of hydrogen-bond acceptors (Lipinski definition) is 3. The van der Waals surface area contributed by atoms with E-state index in [4.69, 9.17) is 0 Å². The lowest BCUT2D eigenvalue weighted by molar-refractivity contribution is -0.137. The number of aromatic nitrogens is 1. The molecule has 1 heterocycles. The Kier molecular flexibility index (Phi) is 4.00. The standard InChI is InChI=1S/C10H10F3NO2/c1-16-6-9(15)5-8-4-7(2-3-14-8)10(11,12)13/h2-4H,5-6H2,1H3. The van der Waals surface area contributed by atoms with Gasteiger partial charge in [-0.25, -0.2) is 0 Å². The number of ether oxygens (including phenoxy) is 1. The van der Waals surface area contributed by atoms with Crippen molar-refractivity contribution in [3.05, 3.63) is 29.6 Å². The Morgan fingerprint density at radius 3 is 2.75 bits per heavy atom. The quantitative estimate of drug-likeness (QED) is 0.796. The highest BCUT2D eigenvalue weighted by molar-refractivity contribution is 5.81. The van der Waals surface area contributed by atoms with Gasteiger partial charge in [0.1, 0.15) is 6.61 Å². The summed E-state index contributed by atoms with van der Waals surface area (Å²) in [7, 11) is 1.34. The van der Waals surface area contributed by atoms with Crippen molar-refractivity contribution in [1.82, 2.24) is 4.98 Å². The van der Waals surface area contributed by atoms with E-state index in [1.54, 1.807) is 0 Å². The first-order chi connectivity index (χ1) is 7.43. The number of alkyl halides is 3. The van der Waals surface area contributed by atoms with Crippen LogP contribution in [0, 0.1) is 0 Å². The average Bonchev–Trinajstić information content (AvgIpc) is 2.17. The first-order valence-corrected chi connectivity index (χ1v) is 4.46. The lowest BCUT2D eigenvalue weighted by Crippen LogP contribution is -2.12. The van der Waals surface area contributed by atoms with Gasteiger partial charge >= 0.3 is 6.18 Å². The number of hydrogen-bond donors (Lipinski definition) is 0. The Hall–Kier alpha value is -1.43. The maximum absolute atomic E-state index is 12.3. The van der Waals surface area contributed by atoms with E-state index in [0.29, 0.717) is 0 Å². The molecule has 1 aromatic rings. The molecule has 0 radical (unpaired) electrons. The Morgan fingerprint density at radius 1 is 1.50 bits per heavy atom. The lowest BCUT2D eigenvalue weighted by Gasteiger charge is -2.07. The van der Waals surface area contributed by atoms with Gasteiger partial charge in [-0.1, -0.05) is 0 Å². The number of ketones is 1. The summed E-state index contributed by atoms with van der Waals surface area (Å²) >= 11 is 0. The smallest absolute Gasteiger partial charge is 0.377 e. The molecule has 3 nitrogen and oxygen atoms in total. The minimum atomic E-state index is -4.41. The van der Waals surface area contributed by atoms with E-state index in [2.05, 4.69) is 9.72 Å². The fourth-order valence-electron chi connectivity index (χ4n) is 1.17. The van der Waals surface area contributed by atoms with Crippen molar-refractivity contribution in [3.8, 4) is 0 Å². The summed E-state index contributed by atoms with van der Waals surface area (Å²) in [6.07, 6.45) is -3.53. The summed E-state index contributed by atoms with van der Waals surface area (Å²) in [4.78, 5) is 14.8. The largest absolute Gasteiger partial charge is 0.416 e. The van der Waals surface area contributed by atoms with Crippen LogP contribution < -0.4 is 0 Å². The number of pyridine rings is 1. The van der Waals surface area contributed by atoms with Gasteiger partial charge in [0.15, 0.2) is 5.78 Å². The highest BCUT2D eigenvalue weighted by atomic mass is 19.4. The van der Waals surface area contributed by atoms with Crippen molar-refractivity contribution >= 4 is 5.78 Å². The van der Waals surface area contributed by atoms with Crippen LogP contribution in [-0.2, 0) is 22.1 Å². The molecule has 6 heteroatoms. The highest BCUT2D eigenvalue weighted by Crippen LogP contribution is 2.28. The molecular formula is C10H10F3NO2. The maximum atomic E-state index is 12.3. The van der Waals surface area contributed by atoms with Crippen LogP contribution in [0.4, 0.5) is 13.2 Å². The third kappa shape index (κ3) is 3.62. The minimum Gasteiger partial charge on any atom is -0.377 e. The summed E-state index contributed by atoms with van der Waals surface area (Å²) in [6.45, 7) is -0.127. The van der Waals surface area contributed by atoms with Crippen molar-refractivity contribution in [1.29, 1.82) is 0 Å². The maximum Gasteiger partial charge on any atom is 0.416 e. The summed E-state index contributed by atoms with van der Waals surface area (Å²) in [5.74, 6) is -0.311. The summed E-state index contributed by atoms with van der Waals surface area (Å²) in [5.41, 5.74) is -0.709. The predicted molar refractivity (Wildman–Crippen MR) is 49.8 cm³/mol. The summed E-state index contributed by atoms with van der Waals surface area (Å²) in [6, 6.07) is 1.73. The SMILES string of the molecule is COCC(=O)Cc1cc(C(F)(F)F)ccn1. The van der Waals surface area contributed by atoms with Gasteiger partial charge in [-0.05, 0) is 12.1 Å². The highest BCUT2D eigenvalue weighted by Gasteiger charge is 2.30. The van der Waals surface area contributed by atoms with Gasteiger partial charge in [-0.3, -0.25) is 9.78 Å². The monoisotopic (exact) mass is 233 g/mol. The van der Waals surface area contributed by atoms with E-state index in [-0.39, 0.29) is 24.5 Å². The number of methoxy groups -OCH3 is 1. The topological polar surface area (TPSA) is 39.2 Å². The molecule has 0 spiro atoms. The zero-order chi connectivity index (χ0) is 12.2. The van der Waals surface area contributed by atoms with E-state index >= 15 is 0 Å². The first-order valence-electron chi connectivity index (χ1n) is 4.46. The molecule has 0 aliphatic rings. The Balaban J connectivity index is 2.79. The van der Waals surface area contributed by atoms with Crippen molar-refractivity contribution in [2.24, 2.45) is 0 Å². The summed E-state index contributed by atoms with van der Waals surface area (Å²) in [5, 5.41) is 0. The molecule has 0 fully saturated rings. The number of Topliss-reactive ketones (excluding diaryl/α,β-unsaturated/α-hetero) is 1. The fourth-order valence-corrected chi connectivity index (χ4v) is 1.17. The molecule has 0 aliphatic carbocycles. The lowest BCUT2D eigenvalue weighted by atomic mass is 10.1. The van der Waals surface area contributed by atoms with E-state index in [1.807, 2.05) is 0 Å². The van der Waals surface area contributed by atoms with E-state index in [9.17, 15) is 18.0 Å². The van der Waals surface area contributed by atoms with Crippen LogP contribution in [0.5, 0.6) is 0 Å². The van der Waals surface area contributed by atoms with Crippen LogP contribution >= 0.6 is 0 Å².